The summed E-state index contributed by atoms with van der Waals surface area (Å²) in [6.07, 6.45) is 0. The Bertz CT molecular complexity index is 909. The molecular formula is C18H25N3O4S3. The van der Waals surface area contributed by atoms with Crippen molar-refractivity contribution in [2.24, 2.45) is 0 Å². The molecule has 154 valence electrons. The summed E-state index contributed by atoms with van der Waals surface area (Å²) in [7, 11) is -3.72. The van der Waals surface area contributed by atoms with E-state index >= 15 is 0 Å². The van der Waals surface area contributed by atoms with E-state index in [4.69, 9.17) is 4.74 Å². The molecule has 0 fully saturated rings. The number of nitrogens with zero attached hydrogens (tertiary/aromatic N) is 2. The standard InChI is InChI=1S/C18H25N3O4S3/c1-5-21(6-2)28(23,24)16-10-14(8-9-15(16)25-7-3)20-17(22)12-27-18-19-13(4)11-26-18/h8-11H,5-7,12H2,1-4H3,(H,20,22). The average Bonchev–Trinajstić information content (AvgIpc) is 3.07. The summed E-state index contributed by atoms with van der Waals surface area (Å²) in [6.45, 7) is 8.31. The molecule has 0 unspecified atom stereocenters. The van der Waals surface area contributed by atoms with Crippen molar-refractivity contribution in [2.75, 3.05) is 30.8 Å². The Morgan fingerprint density at radius 3 is 2.57 bits per heavy atom. The molecule has 0 radical (unpaired) electrons. The number of carbonyl (C=O) groups excluding carboxylic acids is 1. The van der Waals surface area contributed by atoms with Crippen LogP contribution in [-0.2, 0) is 14.8 Å². The van der Waals surface area contributed by atoms with E-state index in [-0.39, 0.29) is 22.3 Å². The van der Waals surface area contributed by atoms with Gasteiger partial charge in [-0.25, -0.2) is 13.4 Å². The summed E-state index contributed by atoms with van der Waals surface area (Å²) in [5.41, 5.74) is 1.33. The van der Waals surface area contributed by atoms with Gasteiger partial charge in [-0.2, -0.15) is 4.31 Å². The zero-order valence-electron chi connectivity index (χ0n) is 16.4. The first kappa shape index (κ1) is 22.7. The number of benzene rings is 1. The maximum Gasteiger partial charge on any atom is 0.246 e. The maximum absolute atomic E-state index is 13.0. The quantitative estimate of drug-likeness (QED) is 0.564. The number of rotatable bonds is 10. The molecule has 10 heteroatoms. The van der Waals surface area contributed by atoms with Crippen LogP contribution in [0.2, 0.25) is 0 Å². The van der Waals surface area contributed by atoms with E-state index in [1.54, 1.807) is 32.9 Å². The van der Waals surface area contributed by atoms with E-state index in [1.165, 1.54) is 33.5 Å². The number of aromatic nitrogens is 1. The maximum atomic E-state index is 13.0. The number of amides is 1. The Hall–Kier alpha value is -1.62. The van der Waals surface area contributed by atoms with E-state index in [2.05, 4.69) is 10.3 Å². The van der Waals surface area contributed by atoms with Crippen molar-refractivity contribution in [2.45, 2.75) is 36.9 Å². The van der Waals surface area contributed by atoms with Crippen molar-refractivity contribution in [3.05, 3.63) is 29.3 Å². The van der Waals surface area contributed by atoms with Gasteiger partial charge in [0.2, 0.25) is 15.9 Å². The molecule has 0 aliphatic carbocycles. The molecular weight excluding hydrogens is 418 g/mol. The molecule has 1 heterocycles. The second-order valence-corrected chi connectivity index (χ2v) is 9.76. The number of ether oxygens (including phenoxy) is 1. The highest BCUT2D eigenvalue weighted by Gasteiger charge is 2.26. The van der Waals surface area contributed by atoms with E-state index in [9.17, 15) is 13.2 Å². The molecule has 1 aromatic heterocycles. The van der Waals surface area contributed by atoms with Crippen LogP contribution in [0.3, 0.4) is 0 Å². The van der Waals surface area contributed by atoms with Gasteiger partial charge in [-0.3, -0.25) is 4.79 Å². The average molecular weight is 444 g/mol. The minimum Gasteiger partial charge on any atom is -0.492 e. The Labute approximate surface area is 174 Å². The molecule has 1 N–H and O–H groups in total. The molecule has 2 aromatic rings. The number of hydrogen-bond donors (Lipinski definition) is 1. The van der Waals surface area contributed by atoms with Crippen LogP contribution in [0.15, 0.2) is 32.8 Å². The Balaban J connectivity index is 2.20. The van der Waals surface area contributed by atoms with Crippen LogP contribution >= 0.6 is 23.1 Å². The van der Waals surface area contributed by atoms with Crippen LogP contribution in [0.1, 0.15) is 26.5 Å². The summed E-state index contributed by atoms with van der Waals surface area (Å²) >= 11 is 2.84. The molecule has 0 saturated carbocycles. The molecule has 28 heavy (non-hydrogen) atoms. The van der Waals surface area contributed by atoms with Gasteiger partial charge >= 0.3 is 0 Å². The zero-order chi connectivity index (χ0) is 20.7. The fraction of sp³-hybridized carbons (Fsp3) is 0.444. The molecule has 1 aromatic carbocycles. The van der Waals surface area contributed by atoms with Crippen LogP contribution in [0.4, 0.5) is 5.69 Å². The lowest BCUT2D eigenvalue weighted by Crippen LogP contribution is -2.31. The van der Waals surface area contributed by atoms with Crippen LogP contribution in [0.5, 0.6) is 5.75 Å². The Morgan fingerprint density at radius 1 is 1.29 bits per heavy atom. The van der Waals surface area contributed by atoms with Gasteiger partial charge in [0.05, 0.1) is 12.4 Å². The predicted octanol–water partition coefficient (Wildman–Crippen LogP) is 3.61. The molecule has 0 spiro atoms. The second kappa shape index (κ2) is 10.2. The third-order valence-corrected chi connectivity index (χ3v) is 7.99. The predicted molar refractivity (Wildman–Crippen MR) is 114 cm³/mol. The number of sulfonamides is 1. The van der Waals surface area contributed by atoms with Crippen molar-refractivity contribution >= 4 is 44.7 Å². The summed E-state index contributed by atoms with van der Waals surface area (Å²) in [4.78, 5) is 16.6. The molecule has 0 aliphatic heterocycles. The normalized spacial score (nSPS) is 11.6. The first-order valence-corrected chi connectivity index (χ1v) is 12.2. The smallest absolute Gasteiger partial charge is 0.246 e. The van der Waals surface area contributed by atoms with Crippen molar-refractivity contribution in [3.8, 4) is 5.75 Å². The zero-order valence-corrected chi connectivity index (χ0v) is 18.8. The van der Waals surface area contributed by atoms with Gasteiger partial charge in [0.15, 0.2) is 4.34 Å². The van der Waals surface area contributed by atoms with E-state index in [0.717, 1.165) is 10.0 Å². The lowest BCUT2D eigenvalue weighted by Gasteiger charge is -2.21. The van der Waals surface area contributed by atoms with Crippen LogP contribution in [0.25, 0.3) is 0 Å². The van der Waals surface area contributed by atoms with Gasteiger partial charge in [-0.15, -0.1) is 11.3 Å². The summed E-state index contributed by atoms with van der Waals surface area (Å²) in [5.74, 6) is 0.242. The van der Waals surface area contributed by atoms with E-state index in [1.807, 2.05) is 12.3 Å². The van der Waals surface area contributed by atoms with Gasteiger partial charge in [-0.1, -0.05) is 25.6 Å². The number of hydrogen-bond acceptors (Lipinski definition) is 7. The summed E-state index contributed by atoms with van der Waals surface area (Å²) in [5, 5.41) is 4.68. The van der Waals surface area contributed by atoms with Crippen molar-refractivity contribution in [1.29, 1.82) is 0 Å². The molecule has 1 amide bonds. The third-order valence-electron chi connectivity index (χ3n) is 3.78. The van der Waals surface area contributed by atoms with Crippen molar-refractivity contribution in [3.63, 3.8) is 0 Å². The lowest BCUT2D eigenvalue weighted by atomic mass is 10.3. The molecule has 0 bridgehead atoms. The number of thioether (sulfide) groups is 1. The molecule has 0 atom stereocenters. The highest BCUT2D eigenvalue weighted by atomic mass is 32.2. The third kappa shape index (κ3) is 5.69. The molecule has 7 nitrogen and oxygen atoms in total. The van der Waals surface area contributed by atoms with Gasteiger partial charge in [0.25, 0.3) is 0 Å². The van der Waals surface area contributed by atoms with Gasteiger partial charge in [0.1, 0.15) is 10.6 Å². The number of thiazole rings is 1. The van der Waals surface area contributed by atoms with Crippen LogP contribution in [0, 0.1) is 6.92 Å². The lowest BCUT2D eigenvalue weighted by molar-refractivity contribution is -0.113. The monoisotopic (exact) mass is 443 g/mol. The van der Waals surface area contributed by atoms with E-state index < -0.39 is 10.0 Å². The highest BCUT2D eigenvalue weighted by Crippen LogP contribution is 2.30. The number of carbonyl (C=O) groups is 1. The van der Waals surface area contributed by atoms with Crippen LogP contribution < -0.4 is 10.1 Å². The van der Waals surface area contributed by atoms with Gasteiger partial charge < -0.3 is 10.1 Å². The first-order chi connectivity index (χ1) is 13.3. The summed E-state index contributed by atoms with van der Waals surface area (Å²) in [6, 6.07) is 4.67. The Morgan fingerprint density at radius 2 is 2.00 bits per heavy atom. The van der Waals surface area contributed by atoms with Crippen molar-refractivity contribution in [1.82, 2.24) is 9.29 Å². The highest BCUT2D eigenvalue weighted by molar-refractivity contribution is 8.01. The minimum absolute atomic E-state index is 0.0547. The topological polar surface area (TPSA) is 88.6 Å². The first-order valence-electron chi connectivity index (χ1n) is 8.93. The summed E-state index contributed by atoms with van der Waals surface area (Å²) < 4.78 is 33.6. The fourth-order valence-corrected chi connectivity index (χ4v) is 5.75. The fourth-order valence-electron chi connectivity index (χ4n) is 2.49. The van der Waals surface area contributed by atoms with Crippen molar-refractivity contribution < 1.29 is 17.9 Å². The number of nitrogens with one attached hydrogen (secondary N) is 1. The van der Waals surface area contributed by atoms with E-state index in [0.29, 0.717) is 25.4 Å². The Kier molecular flexibility index (Phi) is 8.29. The van der Waals surface area contributed by atoms with Gasteiger partial charge in [-0.05, 0) is 32.0 Å². The number of anilines is 1. The minimum atomic E-state index is -3.72. The molecule has 0 aliphatic rings. The SMILES string of the molecule is CCOc1ccc(NC(=O)CSc2nc(C)cs2)cc1S(=O)(=O)N(CC)CC. The molecule has 0 saturated heterocycles. The number of aryl methyl sites for hydroxylation is 1. The van der Waals surface area contributed by atoms with Gasteiger partial charge in [0, 0.05) is 29.9 Å². The molecule has 2 rings (SSSR count). The second-order valence-electron chi connectivity index (χ2n) is 5.78. The largest absolute Gasteiger partial charge is 0.492 e. The van der Waals surface area contributed by atoms with Crippen LogP contribution in [-0.4, -0.2) is 49.1 Å².